The van der Waals surface area contributed by atoms with Crippen molar-refractivity contribution >= 4 is 11.3 Å². The molecule has 0 aromatic carbocycles. The Morgan fingerprint density at radius 2 is 2.18 bits per heavy atom. The number of nitrogens with one attached hydrogen (secondary N) is 1. The third-order valence-corrected chi connectivity index (χ3v) is 4.76. The molecule has 17 heavy (non-hydrogen) atoms. The van der Waals surface area contributed by atoms with Gasteiger partial charge in [0.05, 0.1) is 0 Å². The van der Waals surface area contributed by atoms with Crippen LogP contribution in [0.5, 0.6) is 0 Å². The fourth-order valence-electron chi connectivity index (χ4n) is 2.91. The zero-order valence-corrected chi connectivity index (χ0v) is 11.8. The molecular weight excluding hydrogens is 226 g/mol. The average Bonchev–Trinajstić information content (AvgIpc) is 2.74. The first-order valence-electron chi connectivity index (χ1n) is 7.16. The Kier molecular flexibility index (Phi) is 5.53. The maximum absolute atomic E-state index is 3.78. The first kappa shape index (κ1) is 13.1. The van der Waals surface area contributed by atoms with E-state index in [1.807, 2.05) is 11.3 Å². The average molecular weight is 251 g/mol. The van der Waals surface area contributed by atoms with Gasteiger partial charge in [-0.2, -0.15) is 0 Å². The summed E-state index contributed by atoms with van der Waals surface area (Å²) in [4.78, 5) is 1.57. The highest BCUT2D eigenvalue weighted by atomic mass is 32.1. The van der Waals surface area contributed by atoms with Gasteiger partial charge in [0.2, 0.25) is 0 Å². The fourth-order valence-corrected chi connectivity index (χ4v) is 3.71. The van der Waals surface area contributed by atoms with Crippen LogP contribution in [0, 0.1) is 5.92 Å². The lowest BCUT2D eigenvalue weighted by molar-refractivity contribution is 0.334. The molecule has 0 saturated heterocycles. The molecule has 0 spiro atoms. The molecule has 2 rings (SSSR count). The monoisotopic (exact) mass is 251 g/mol. The van der Waals surface area contributed by atoms with E-state index in [0.717, 1.165) is 12.0 Å². The molecule has 1 nitrogen and oxygen atoms in total. The van der Waals surface area contributed by atoms with Gasteiger partial charge in [0.15, 0.2) is 0 Å². The third kappa shape index (κ3) is 4.11. The van der Waals surface area contributed by atoms with Gasteiger partial charge < -0.3 is 5.32 Å². The Hall–Kier alpha value is -0.340. The van der Waals surface area contributed by atoms with Crippen molar-refractivity contribution in [1.82, 2.24) is 5.32 Å². The Morgan fingerprint density at radius 1 is 1.29 bits per heavy atom. The summed E-state index contributed by atoms with van der Waals surface area (Å²) in [7, 11) is 0. The first-order valence-corrected chi connectivity index (χ1v) is 8.04. The molecule has 1 heterocycles. The zero-order chi connectivity index (χ0) is 11.9. The highest BCUT2D eigenvalue weighted by molar-refractivity contribution is 7.09. The van der Waals surface area contributed by atoms with E-state index in [2.05, 4.69) is 29.8 Å². The second kappa shape index (κ2) is 7.17. The van der Waals surface area contributed by atoms with E-state index >= 15 is 0 Å². The van der Waals surface area contributed by atoms with Gasteiger partial charge in [-0.05, 0) is 49.6 Å². The van der Waals surface area contributed by atoms with E-state index < -0.39 is 0 Å². The van der Waals surface area contributed by atoms with E-state index in [1.54, 1.807) is 4.88 Å². The first-order chi connectivity index (χ1) is 8.40. The maximum Gasteiger partial charge on any atom is 0.00987 e. The van der Waals surface area contributed by atoms with Crippen molar-refractivity contribution in [3.8, 4) is 0 Å². The van der Waals surface area contributed by atoms with Gasteiger partial charge in [0.1, 0.15) is 0 Å². The van der Waals surface area contributed by atoms with Gasteiger partial charge in [0, 0.05) is 10.9 Å². The van der Waals surface area contributed by atoms with E-state index in [4.69, 9.17) is 0 Å². The summed E-state index contributed by atoms with van der Waals surface area (Å²) >= 11 is 1.92. The molecule has 1 aliphatic carbocycles. The molecule has 1 aromatic heterocycles. The second-order valence-corrected chi connectivity index (χ2v) is 6.27. The number of thiophene rings is 1. The molecule has 2 heteroatoms. The minimum Gasteiger partial charge on any atom is -0.314 e. The van der Waals surface area contributed by atoms with Crippen LogP contribution < -0.4 is 5.32 Å². The van der Waals surface area contributed by atoms with Crippen LogP contribution in [-0.4, -0.2) is 12.6 Å². The largest absolute Gasteiger partial charge is 0.314 e. The summed E-state index contributed by atoms with van der Waals surface area (Å²) in [6.45, 7) is 3.45. The normalized spacial score (nSPS) is 25.7. The van der Waals surface area contributed by atoms with Crippen LogP contribution in [-0.2, 0) is 6.42 Å². The van der Waals surface area contributed by atoms with Crippen molar-refractivity contribution in [2.24, 2.45) is 5.92 Å². The van der Waals surface area contributed by atoms with Gasteiger partial charge in [-0.15, -0.1) is 11.3 Å². The van der Waals surface area contributed by atoms with Gasteiger partial charge in [0.25, 0.3) is 0 Å². The molecule has 0 amide bonds. The Bertz CT molecular complexity index is 294. The van der Waals surface area contributed by atoms with Crippen LogP contribution in [0.4, 0.5) is 0 Å². The van der Waals surface area contributed by atoms with Gasteiger partial charge in [-0.1, -0.05) is 32.3 Å². The SMILES string of the molecule is CCCNC1CCCCCC1Cc1cccs1. The molecular formula is C15H25NS. The Labute approximate surface area is 110 Å². The Balaban J connectivity index is 1.93. The molecule has 1 aliphatic rings. The van der Waals surface area contributed by atoms with E-state index in [-0.39, 0.29) is 0 Å². The van der Waals surface area contributed by atoms with Gasteiger partial charge in [-0.25, -0.2) is 0 Å². The highest BCUT2D eigenvalue weighted by Crippen LogP contribution is 2.28. The summed E-state index contributed by atoms with van der Waals surface area (Å²) < 4.78 is 0. The summed E-state index contributed by atoms with van der Waals surface area (Å²) in [6, 6.07) is 5.25. The maximum atomic E-state index is 3.78. The molecule has 1 N–H and O–H groups in total. The van der Waals surface area contributed by atoms with Crippen LogP contribution in [0.15, 0.2) is 17.5 Å². The van der Waals surface area contributed by atoms with Crippen molar-refractivity contribution in [2.45, 2.75) is 57.9 Å². The van der Waals surface area contributed by atoms with E-state index in [1.165, 1.54) is 51.5 Å². The second-order valence-electron chi connectivity index (χ2n) is 5.24. The van der Waals surface area contributed by atoms with E-state index in [9.17, 15) is 0 Å². The molecule has 1 aromatic rings. The van der Waals surface area contributed by atoms with E-state index in [0.29, 0.717) is 0 Å². The van der Waals surface area contributed by atoms with Crippen LogP contribution in [0.3, 0.4) is 0 Å². The number of hydrogen-bond donors (Lipinski definition) is 1. The summed E-state index contributed by atoms with van der Waals surface area (Å²) in [6.07, 6.45) is 9.63. The number of hydrogen-bond acceptors (Lipinski definition) is 2. The van der Waals surface area contributed by atoms with Crippen LogP contribution >= 0.6 is 11.3 Å². The molecule has 96 valence electrons. The lowest BCUT2D eigenvalue weighted by Crippen LogP contribution is -2.36. The van der Waals surface area contributed by atoms with Crippen molar-refractivity contribution < 1.29 is 0 Å². The molecule has 0 bridgehead atoms. The third-order valence-electron chi connectivity index (χ3n) is 3.86. The van der Waals surface area contributed by atoms with Crippen LogP contribution in [0.2, 0.25) is 0 Å². The smallest absolute Gasteiger partial charge is 0.00987 e. The summed E-state index contributed by atoms with van der Waals surface area (Å²) in [5.74, 6) is 0.864. The fraction of sp³-hybridized carbons (Fsp3) is 0.733. The minimum atomic E-state index is 0.763. The molecule has 2 atom stereocenters. The van der Waals surface area contributed by atoms with Crippen molar-refractivity contribution in [3.63, 3.8) is 0 Å². The van der Waals surface area contributed by atoms with Crippen molar-refractivity contribution in [1.29, 1.82) is 0 Å². The van der Waals surface area contributed by atoms with Crippen molar-refractivity contribution in [3.05, 3.63) is 22.4 Å². The number of rotatable bonds is 5. The Morgan fingerprint density at radius 3 is 2.94 bits per heavy atom. The molecule has 0 radical (unpaired) electrons. The molecule has 1 fully saturated rings. The van der Waals surface area contributed by atoms with Crippen molar-refractivity contribution in [2.75, 3.05) is 6.54 Å². The summed E-state index contributed by atoms with van der Waals surface area (Å²) in [5.41, 5.74) is 0. The predicted octanol–water partition coefficient (Wildman–Crippen LogP) is 4.24. The predicted molar refractivity (Wildman–Crippen MR) is 76.7 cm³/mol. The molecule has 2 unspecified atom stereocenters. The zero-order valence-electron chi connectivity index (χ0n) is 11.0. The molecule has 1 saturated carbocycles. The lowest BCUT2D eigenvalue weighted by atomic mass is 9.91. The minimum absolute atomic E-state index is 0.763. The van der Waals surface area contributed by atoms with Gasteiger partial charge >= 0.3 is 0 Å². The van der Waals surface area contributed by atoms with Crippen LogP contribution in [0.1, 0.15) is 50.3 Å². The topological polar surface area (TPSA) is 12.0 Å². The van der Waals surface area contributed by atoms with Crippen LogP contribution in [0.25, 0.3) is 0 Å². The van der Waals surface area contributed by atoms with Gasteiger partial charge in [-0.3, -0.25) is 0 Å². The standard InChI is InChI=1S/C15H25NS/c1-2-10-16-15-9-5-3-4-7-13(15)12-14-8-6-11-17-14/h6,8,11,13,15-16H,2-5,7,9-10,12H2,1H3. The lowest BCUT2D eigenvalue weighted by Gasteiger charge is -2.26. The molecule has 0 aliphatic heterocycles. The summed E-state index contributed by atoms with van der Waals surface area (Å²) in [5, 5.41) is 5.99. The quantitative estimate of drug-likeness (QED) is 0.772. The highest BCUT2D eigenvalue weighted by Gasteiger charge is 2.23.